The van der Waals surface area contributed by atoms with Crippen LogP contribution < -0.4 is 9.64 Å². The monoisotopic (exact) mass is 299 g/mol. The number of rotatable bonds is 5. The number of benzene rings is 1. The van der Waals surface area contributed by atoms with Crippen LogP contribution in [-0.2, 0) is 0 Å². The molecule has 2 aromatic rings. The standard InChI is InChI=1S/C17H21N3O2/c1-22-16-9-10-18-17(19-16)20-11-5-8-14(20)12-15(21)13-6-3-2-4-7-13/h2-4,6-7,9-10,14-15,21H,5,8,11-12H2,1H3. The van der Waals surface area contributed by atoms with E-state index >= 15 is 0 Å². The summed E-state index contributed by atoms with van der Waals surface area (Å²) in [6.07, 6.45) is 4.07. The molecule has 1 aromatic heterocycles. The maximum atomic E-state index is 10.5. The SMILES string of the molecule is COc1ccnc(N2CCCC2CC(O)c2ccccc2)n1. The Hall–Kier alpha value is -2.14. The molecule has 0 radical (unpaired) electrons. The lowest BCUT2D eigenvalue weighted by Gasteiger charge is -2.26. The fourth-order valence-electron chi connectivity index (χ4n) is 3.00. The fourth-order valence-corrected chi connectivity index (χ4v) is 3.00. The topological polar surface area (TPSA) is 58.5 Å². The van der Waals surface area contributed by atoms with Gasteiger partial charge in [0, 0.05) is 24.8 Å². The van der Waals surface area contributed by atoms with E-state index in [1.54, 1.807) is 19.4 Å². The van der Waals surface area contributed by atoms with E-state index < -0.39 is 6.10 Å². The first-order chi connectivity index (χ1) is 10.8. The number of methoxy groups -OCH3 is 1. The average molecular weight is 299 g/mol. The van der Waals surface area contributed by atoms with Crippen molar-refractivity contribution in [2.45, 2.75) is 31.4 Å². The third-order valence-electron chi connectivity index (χ3n) is 4.14. The van der Waals surface area contributed by atoms with Crippen LogP contribution in [0.4, 0.5) is 5.95 Å². The third-order valence-corrected chi connectivity index (χ3v) is 4.14. The van der Waals surface area contributed by atoms with E-state index in [2.05, 4.69) is 14.9 Å². The molecular formula is C17H21N3O2. The molecule has 116 valence electrons. The van der Waals surface area contributed by atoms with Gasteiger partial charge in [0.05, 0.1) is 13.2 Å². The van der Waals surface area contributed by atoms with Gasteiger partial charge in [0.1, 0.15) is 0 Å². The molecule has 0 saturated carbocycles. The van der Waals surface area contributed by atoms with Gasteiger partial charge in [-0.15, -0.1) is 0 Å². The molecule has 1 saturated heterocycles. The average Bonchev–Trinajstić information content (AvgIpc) is 3.04. The lowest BCUT2D eigenvalue weighted by Crippen LogP contribution is -2.32. The molecule has 1 fully saturated rings. The molecule has 0 bridgehead atoms. The van der Waals surface area contributed by atoms with Crippen LogP contribution in [0.1, 0.15) is 30.9 Å². The number of nitrogens with zero attached hydrogens (tertiary/aromatic N) is 3. The fraction of sp³-hybridized carbons (Fsp3) is 0.412. The van der Waals surface area contributed by atoms with Gasteiger partial charge in [0.15, 0.2) is 0 Å². The Balaban J connectivity index is 1.73. The number of aliphatic hydroxyl groups is 1. The highest BCUT2D eigenvalue weighted by molar-refractivity contribution is 5.35. The van der Waals surface area contributed by atoms with E-state index in [9.17, 15) is 5.11 Å². The van der Waals surface area contributed by atoms with E-state index in [0.29, 0.717) is 18.2 Å². The van der Waals surface area contributed by atoms with Gasteiger partial charge in [-0.3, -0.25) is 0 Å². The molecule has 0 amide bonds. The third kappa shape index (κ3) is 3.20. The molecule has 5 nitrogen and oxygen atoms in total. The number of anilines is 1. The zero-order valence-corrected chi connectivity index (χ0v) is 12.7. The van der Waals surface area contributed by atoms with E-state index in [4.69, 9.17) is 4.74 Å². The van der Waals surface area contributed by atoms with Crippen molar-refractivity contribution in [2.24, 2.45) is 0 Å². The van der Waals surface area contributed by atoms with Crippen molar-refractivity contribution in [1.82, 2.24) is 9.97 Å². The smallest absolute Gasteiger partial charge is 0.228 e. The number of aliphatic hydroxyl groups excluding tert-OH is 1. The number of ether oxygens (including phenoxy) is 1. The van der Waals surface area contributed by atoms with Crippen LogP contribution >= 0.6 is 0 Å². The van der Waals surface area contributed by atoms with Crippen molar-refractivity contribution in [1.29, 1.82) is 0 Å². The zero-order chi connectivity index (χ0) is 15.4. The first-order valence-electron chi connectivity index (χ1n) is 7.64. The molecule has 5 heteroatoms. The second-order valence-corrected chi connectivity index (χ2v) is 5.55. The minimum absolute atomic E-state index is 0.252. The van der Waals surface area contributed by atoms with Crippen LogP contribution in [0.25, 0.3) is 0 Å². The van der Waals surface area contributed by atoms with Crippen LogP contribution in [0.3, 0.4) is 0 Å². The van der Waals surface area contributed by atoms with Crippen molar-refractivity contribution in [2.75, 3.05) is 18.6 Å². The second-order valence-electron chi connectivity index (χ2n) is 5.55. The van der Waals surface area contributed by atoms with Crippen molar-refractivity contribution >= 4 is 5.95 Å². The summed E-state index contributed by atoms with van der Waals surface area (Å²) in [5.74, 6) is 1.25. The van der Waals surface area contributed by atoms with E-state index in [1.165, 1.54) is 0 Å². The highest BCUT2D eigenvalue weighted by Gasteiger charge is 2.29. The first kappa shape index (κ1) is 14.8. The van der Waals surface area contributed by atoms with Gasteiger partial charge in [0.25, 0.3) is 0 Å². The molecule has 0 spiro atoms. The Labute approximate surface area is 130 Å². The van der Waals surface area contributed by atoms with Crippen LogP contribution in [0.5, 0.6) is 5.88 Å². The molecule has 1 aromatic carbocycles. The Morgan fingerprint density at radius 2 is 2.14 bits per heavy atom. The summed E-state index contributed by atoms with van der Waals surface area (Å²) in [6, 6.07) is 11.8. The largest absolute Gasteiger partial charge is 0.481 e. The molecule has 0 aliphatic carbocycles. The molecule has 2 heterocycles. The summed E-state index contributed by atoms with van der Waals surface area (Å²) in [6.45, 7) is 0.916. The highest BCUT2D eigenvalue weighted by atomic mass is 16.5. The molecule has 22 heavy (non-hydrogen) atoms. The number of aromatic nitrogens is 2. The van der Waals surface area contributed by atoms with Crippen LogP contribution in [0.15, 0.2) is 42.6 Å². The lowest BCUT2D eigenvalue weighted by molar-refractivity contribution is 0.158. The lowest BCUT2D eigenvalue weighted by atomic mass is 10.0. The normalized spacial score (nSPS) is 19.2. The maximum absolute atomic E-state index is 10.5. The minimum atomic E-state index is -0.461. The van der Waals surface area contributed by atoms with E-state index in [0.717, 1.165) is 24.9 Å². The summed E-state index contributed by atoms with van der Waals surface area (Å²) in [4.78, 5) is 10.9. The molecule has 3 rings (SSSR count). The molecule has 1 N–H and O–H groups in total. The van der Waals surface area contributed by atoms with Crippen molar-refractivity contribution < 1.29 is 9.84 Å². The summed E-state index contributed by atoms with van der Waals surface area (Å²) in [5.41, 5.74) is 0.959. The summed E-state index contributed by atoms with van der Waals surface area (Å²) in [5, 5.41) is 10.5. The predicted octanol–water partition coefficient (Wildman–Crippen LogP) is 2.58. The Morgan fingerprint density at radius 3 is 2.91 bits per heavy atom. The Kier molecular flexibility index (Phi) is 4.53. The number of hydrogen-bond acceptors (Lipinski definition) is 5. The van der Waals surface area contributed by atoms with Crippen molar-refractivity contribution in [3.63, 3.8) is 0 Å². The van der Waals surface area contributed by atoms with Crippen molar-refractivity contribution in [3.8, 4) is 5.88 Å². The van der Waals surface area contributed by atoms with Gasteiger partial charge in [-0.2, -0.15) is 4.98 Å². The molecular weight excluding hydrogens is 278 g/mol. The molecule has 1 aliphatic heterocycles. The van der Waals surface area contributed by atoms with Gasteiger partial charge >= 0.3 is 0 Å². The highest BCUT2D eigenvalue weighted by Crippen LogP contribution is 2.30. The molecule has 1 aliphatic rings. The number of hydrogen-bond donors (Lipinski definition) is 1. The predicted molar refractivity (Wildman–Crippen MR) is 85.0 cm³/mol. The maximum Gasteiger partial charge on any atom is 0.228 e. The van der Waals surface area contributed by atoms with E-state index in [-0.39, 0.29) is 6.04 Å². The quantitative estimate of drug-likeness (QED) is 0.919. The van der Waals surface area contributed by atoms with Gasteiger partial charge in [-0.1, -0.05) is 30.3 Å². The van der Waals surface area contributed by atoms with Gasteiger partial charge in [-0.25, -0.2) is 4.98 Å². The van der Waals surface area contributed by atoms with Crippen molar-refractivity contribution in [3.05, 3.63) is 48.2 Å². The summed E-state index contributed by atoms with van der Waals surface area (Å²) < 4.78 is 5.17. The second kappa shape index (κ2) is 6.75. The van der Waals surface area contributed by atoms with Gasteiger partial charge in [-0.05, 0) is 24.8 Å². The van der Waals surface area contributed by atoms with Crippen LogP contribution in [0.2, 0.25) is 0 Å². The van der Waals surface area contributed by atoms with Gasteiger partial charge < -0.3 is 14.7 Å². The summed E-state index contributed by atoms with van der Waals surface area (Å²) >= 11 is 0. The zero-order valence-electron chi connectivity index (χ0n) is 12.7. The minimum Gasteiger partial charge on any atom is -0.481 e. The Morgan fingerprint density at radius 1 is 1.32 bits per heavy atom. The molecule has 2 atom stereocenters. The first-order valence-corrected chi connectivity index (χ1v) is 7.64. The van der Waals surface area contributed by atoms with Gasteiger partial charge in [0.2, 0.25) is 11.8 Å². The van der Waals surface area contributed by atoms with Crippen LogP contribution in [-0.4, -0.2) is 34.8 Å². The molecule has 2 unspecified atom stereocenters. The van der Waals surface area contributed by atoms with E-state index in [1.807, 2.05) is 30.3 Å². The Bertz CT molecular complexity index is 606. The van der Waals surface area contributed by atoms with Crippen LogP contribution in [0, 0.1) is 0 Å². The summed E-state index contributed by atoms with van der Waals surface area (Å²) in [7, 11) is 1.60.